The maximum atomic E-state index is 11.5. The number of H-pyrrole nitrogens is 1. The molecule has 1 aromatic carbocycles. The SMILES string of the molecule is COc1c[nH]c(C=CC(O)c2ccccc2)cc1=O. The van der Waals surface area contributed by atoms with Gasteiger partial charge in [0.25, 0.3) is 0 Å². The van der Waals surface area contributed by atoms with E-state index in [2.05, 4.69) is 4.98 Å². The molecule has 2 rings (SSSR count). The van der Waals surface area contributed by atoms with E-state index in [9.17, 15) is 9.90 Å². The number of aromatic amines is 1. The smallest absolute Gasteiger partial charge is 0.223 e. The average molecular weight is 257 g/mol. The molecule has 2 N–H and O–H groups in total. The largest absolute Gasteiger partial charge is 0.491 e. The molecule has 0 radical (unpaired) electrons. The van der Waals surface area contributed by atoms with Crippen LogP contribution in [0.4, 0.5) is 0 Å². The van der Waals surface area contributed by atoms with Crippen molar-refractivity contribution in [3.05, 3.63) is 70.2 Å². The highest BCUT2D eigenvalue weighted by Gasteiger charge is 2.02. The van der Waals surface area contributed by atoms with Crippen molar-refractivity contribution < 1.29 is 9.84 Å². The number of aromatic nitrogens is 1. The number of aliphatic hydroxyl groups is 1. The highest BCUT2D eigenvalue weighted by Crippen LogP contribution is 2.14. The summed E-state index contributed by atoms with van der Waals surface area (Å²) in [6.07, 6.45) is 4.08. The summed E-state index contributed by atoms with van der Waals surface area (Å²) in [5, 5.41) is 9.95. The van der Waals surface area contributed by atoms with Crippen molar-refractivity contribution in [2.75, 3.05) is 7.11 Å². The molecule has 0 saturated carbocycles. The summed E-state index contributed by atoms with van der Waals surface area (Å²) in [4.78, 5) is 14.5. The third kappa shape index (κ3) is 3.33. The first-order valence-corrected chi connectivity index (χ1v) is 5.88. The summed E-state index contributed by atoms with van der Waals surface area (Å²) >= 11 is 0. The van der Waals surface area contributed by atoms with Crippen LogP contribution in [0, 0.1) is 0 Å². The summed E-state index contributed by atoms with van der Waals surface area (Å²) in [5.41, 5.74) is 1.21. The number of methoxy groups -OCH3 is 1. The highest BCUT2D eigenvalue weighted by atomic mass is 16.5. The van der Waals surface area contributed by atoms with Gasteiger partial charge in [0.15, 0.2) is 5.75 Å². The Balaban J connectivity index is 2.15. The van der Waals surface area contributed by atoms with Crippen LogP contribution in [0.1, 0.15) is 17.4 Å². The van der Waals surface area contributed by atoms with E-state index in [1.807, 2.05) is 30.3 Å². The number of benzene rings is 1. The Morgan fingerprint density at radius 3 is 2.68 bits per heavy atom. The van der Waals surface area contributed by atoms with Crippen LogP contribution in [-0.2, 0) is 0 Å². The van der Waals surface area contributed by atoms with Gasteiger partial charge >= 0.3 is 0 Å². The van der Waals surface area contributed by atoms with Crippen LogP contribution in [0.3, 0.4) is 0 Å². The van der Waals surface area contributed by atoms with E-state index in [1.165, 1.54) is 19.4 Å². The van der Waals surface area contributed by atoms with Crippen molar-refractivity contribution >= 4 is 6.08 Å². The van der Waals surface area contributed by atoms with Gasteiger partial charge in [0, 0.05) is 18.0 Å². The normalized spacial score (nSPS) is 12.5. The van der Waals surface area contributed by atoms with Gasteiger partial charge in [-0.2, -0.15) is 0 Å². The summed E-state index contributed by atoms with van der Waals surface area (Å²) < 4.78 is 4.88. The van der Waals surface area contributed by atoms with Crippen molar-refractivity contribution in [3.63, 3.8) is 0 Å². The van der Waals surface area contributed by atoms with Crippen molar-refractivity contribution in [2.24, 2.45) is 0 Å². The molecule has 0 bridgehead atoms. The number of ether oxygens (including phenoxy) is 1. The first kappa shape index (κ1) is 13.1. The fourth-order valence-corrected chi connectivity index (χ4v) is 1.69. The molecule has 0 saturated heterocycles. The number of hydrogen-bond donors (Lipinski definition) is 2. The molecule has 4 heteroatoms. The van der Waals surface area contributed by atoms with Crippen molar-refractivity contribution in [1.29, 1.82) is 0 Å². The maximum absolute atomic E-state index is 11.5. The van der Waals surface area contributed by atoms with Gasteiger partial charge < -0.3 is 14.8 Å². The third-order valence-corrected chi connectivity index (χ3v) is 2.72. The fourth-order valence-electron chi connectivity index (χ4n) is 1.69. The molecule has 19 heavy (non-hydrogen) atoms. The van der Waals surface area contributed by atoms with Gasteiger partial charge in [0.05, 0.1) is 13.2 Å². The van der Waals surface area contributed by atoms with Gasteiger partial charge in [-0.1, -0.05) is 30.3 Å². The molecule has 0 amide bonds. The highest BCUT2D eigenvalue weighted by molar-refractivity contribution is 5.46. The van der Waals surface area contributed by atoms with Gasteiger partial charge in [-0.25, -0.2) is 0 Å². The number of nitrogens with one attached hydrogen (secondary N) is 1. The minimum atomic E-state index is -0.702. The molecule has 0 spiro atoms. The lowest BCUT2D eigenvalue weighted by Crippen LogP contribution is -2.05. The van der Waals surface area contributed by atoms with Crippen LogP contribution in [0.2, 0.25) is 0 Å². The summed E-state index contributed by atoms with van der Waals surface area (Å²) in [6, 6.07) is 10.7. The first-order chi connectivity index (χ1) is 9.20. The Bertz CT molecular complexity index is 617. The predicted molar refractivity (Wildman–Crippen MR) is 74.1 cm³/mol. The molecular formula is C15H15NO3. The zero-order valence-electron chi connectivity index (χ0n) is 10.5. The van der Waals surface area contributed by atoms with Gasteiger partial charge in [0.1, 0.15) is 0 Å². The number of rotatable bonds is 4. The fraction of sp³-hybridized carbons (Fsp3) is 0.133. The van der Waals surface area contributed by atoms with Crippen molar-refractivity contribution in [1.82, 2.24) is 4.98 Å². The Hall–Kier alpha value is -2.33. The summed E-state index contributed by atoms with van der Waals surface area (Å²) in [7, 11) is 1.44. The lowest BCUT2D eigenvalue weighted by atomic mass is 10.1. The number of pyridine rings is 1. The van der Waals surface area contributed by atoms with E-state index >= 15 is 0 Å². The van der Waals surface area contributed by atoms with E-state index in [4.69, 9.17) is 4.74 Å². The van der Waals surface area contributed by atoms with Gasteiger partial charge in [0.2, 0.25) is 5.43 Å². The van der Waals surface area contributed by atoms with Crippen LogP contribution in [0.15, 0.2) is 53.5 Å². The lowest BCUT2D eigenvalue weighted by molar-refractivity contribution is 0.229. The van der Waals surface area contributed by atoms with Crippen molar-refractivity contribution in [3.8, 4) is 5.75 Å². The molecule has 4 nitrogen and oxygen atoms in total. The van der Waals surface area contributed by atoms with Crippen LogP contribution in [0.5, 0.6) is 5.75 Å². The molecule has 1 heterocycles. The van der Waals surface area contributed by atoms with Crippen LogP contribution < -0.4 is 10.2 Å². The van der Waals surface area contributed by atoms with Crippen LogP contribution >= 0.6 is 0 Å². The minimum Gasteiger partial charge on any atom is -0.491 e. The monoisotopic (exact) mass is 257 g/mol. The van der Waals surface area contributed by atoms with E-state index in [0.717, 1.165) is 5.56 Å². The second-order valence-electron chi connectivity index (χ2n) is 4.04. The number of hydrogen-bond acceptors (Lipinski definition) is 3. The molecule has 1 aromatic heterocycles. The van der Waals surface area contributed by atoms with E-state index in [0.29, 0.717) is 5.69 Å². The van der Waals surface area contributed by atoms with E-state index in [1.54, 1.807) is 12.2 Å². The molecular weight excluding hydrogens is 242 g/mol. The van der Waals surface area contributed by atoms with Crippen LogP contribution in [0.25, 0.3) is 6.08 Å². The average Bonchev–Trinajstić information content (AvgIpc) is 2.46. The first-order valence-electron chi connectivity index (χ1n) is 5.88. The van der Waals surface area contributed by atoms with Gasteiger partial charge in [-0.3, -0.25) is 4.79 Å². The standard InChI is InChI=1S/C15H15NO3/c1-19-15-10-16-12(9-14(15)18)7-8-13(17)11-5-3-2-4-6-11/h2-10,13,17H,1H3,(H,16,18). The summed E-state index contributed by atoms with van der Waals surface area (Å²) in [6.45, 7) is 0. The Kier molecular flexibility index (Phi) is 4.15. The molecule has 1 unspecified atom stereocenters. The minimum absolute atomic E-state index is 0.199. The molecule has 0 aliphatic heterocycles. The predicted octanol–water partition coefficient (Wildman–Crippen LogP) is 2.13. The molecule has 98 valence electrons. The second-order valence-corrected chi connectivity index (χ2v) is 4.04. The van der Waals surface area contributed by atoms with Gasteiger partial charge in [-0.05, 0) is 17.7 Å². The quantitative estimate of drug-likeness (QED) is 0.882. The maximum Gasteiger partial charge on any atom is 0.223 e. The Labute approximate surface area is 111 Å². The molecule has 0 aliphatic carbocycles. The summed E-state index contributed by atoms with van der Waals surface area (Å²) in [5.74, 6) is 0.265. The molecule has 2 aromatic rings. The van der Waals surface area contributed by atoms with E-state index < -0.39 is 6.10 Å². The van der Waals surface area contributed by atoms with E-state index in [-0.39, 0.29) is 11.2 Å². The zero-order chi connectivity index (χ0) is 13.7. The Morgan fingerprint density at radius 2 is 2.05 bits per heavy atom. The topological polar surface area (TPSA) is 62.3 Å². The zero-order valence-corrected chi connectivity index (χ0v) is 10.5. The molecule has 0 aliphatic rings. The lowest BCUT2D eigenvalue weighted by Gasteiger charge is -2.05. The van der Waals surface area contributed by atoms with Crippen molar-refractivity contribution in [2.45, 2.75) is 6.10 Å². The third-order valence-electron chi connectivity index (χ3n) is 2.72. The Morgan fingerprint density at radius 1 is 1.32 bits per heavy atom. The molecule has 1 atom stereocenters. The molecule has 0 fully saturated rings. The van der Waals surface area contributed by atoms with Gasteiger partial charge in [-0.15, -0.1) is 0 Å². The second kappa shape index (κ2) is 6.02. The van der Waals surface area contributed by atoms with Crippen LogP contribution in [-0.4, -0.2) is 17.2 Å². The number of aliphatic hydroxyl groups excluding tert-OH is 1.